The van der Waals surface area contributed by atoms with Crippen LogP contribution in [0.1, 0.15) is 32.1 Å². The lowest BCUT2D eigenvalue weighted by Crippen LogP contribution is -2.38. The number of rotatable bonds is 3. The van der Waals surface area contributed by atoms with Gasteiger partial charge >= 0.3 is 0 Å². The fraction of sp³-hybridized carbons (Fsp3) is 0.476. The largest absolute Gasteiger partial charge is 0.494 e. The smallest absolute Gasteiger partial charge is 0.234 e. The SMILES string of the molecule is N=C1CN(C(=O)C2CC=C(F)C=C2O[C@H]2CC[C@@H](N)CC2)C/C1=C1\N=CC(Cl)=CN1. The van der Waals surface area contributed by atoms with Crippen molar-refractivity contribution in [1.29, 1.82) is 5.41 Å². The van der Waals surface area contributed by atoms with Crippen LogP contribution in [0.25, 0.3) is 0 Å². The van der Waals surface area contributed by atoms with E-state index in [1.165, 1.54) is 18.4 Å². The molecule has 0 aromatic carbocycles. The van der Waals surface area contributed by atoms with Crippen LogP contribution >= 0.6 is 11.6 Å². The summed E-state index contributed by atoms with van der Waals surface area (Å²) in [6.45, 7) is 0.442. The fourth-order valence-electron chi connectivity index (χ4n) is 4.11. The Balaban J connectivity index is 1.47. The molecule has 9 heteroatoms. The molecule has 4 rings (SSSR count). The second-order valence-corrected chi connectivity index (χ2v) is 8.45. The fourth-order valence-corrected chi connectivity index (χ4v) is 4.21. The maximum atomic E-state index is 13.9. The van der Waals surface area contributed by atoms with Crippen molar-refractivity contribution in [2.75, 3.05) is 13.1 Å². The average molecular weight is 434 g/mol. The van der Waals surface area contributed by atoms with E-state index >= 15 is 0 Å². The van der Waals surface area contributed by atoms with Crippen LogP contribution in [0.2, 0.25) is 0 Å². The molecule has 2 aliphatic carbocycles. The molecule has 2 aliphatic heterocycles. The van der Waals surface area contributed by atoms with Crippen LogP contribution in [0.4, 0.5) is 4.39 Å². The van der Waals surface area contributed by atoms with E-state index in [1.807, 2.05) is 0 Å². The molecule has 1 saturated heterocycles. The van der Waals surface area contributed by atoms with E-state index in [0.717, 1.165) is 25.7 Å². The summed E-state index contributed by atoms with van der Waals surface area (Å²) in [5.74, 6) is -0.264. The van der Waals surface area contributed by atoms with Gasteiger partial charge in [-0.05, 0) is 38.2 Å². The molecule has 1 unspecified atom stereocenters. The summed E-state index contributed by atoms with van der Waals surface area (Å²) in [6, 6.07) is 0.182. The van der Waals surface area contributed by atoms with E-state index in [-0.39, 0.29) is 43.4 Å². The third-order valence-electron chi connectivity index (χ3n) is 5.82. The molecule has 0 bridgehead atoms. The van der Waals surface area contributed by atoms with Crippen molar-refractivity contribution in [2.45, 2.75) is 44.2 Å². The number of nitrogens with two attached hydrogens (primary N) is 1. The van der Waals surface area contributed by atoms with Gasteiger partial charge in [0.25, 0.3) is 0 Å². The number of hydrogen-bond donors (Lipinski definition) is 3. The maximum absolute atomic E-state index is 13.9. The zero-order chi connectivity index (χ0) is 21.3. The van der Waals surface area contributed by atoms with Gasteiger partial charge in [-0.2, -0.15) is 0 Å². The van der Waals surface area contributed by atoms with Gasteiger partial charge in [0, 0.05) is 30.1 Å². The second-order valence-electron chi connectivity index (χ2n) is 8.01. The molecule has 4 N–H and O–H groups in total. The minimum atomic E-state index is -0.589. The van der Waals surface area contributed by atoms with Crippen molar-refractivity contribution in [3.63, 3.8) is 0 Å². The minimum Gasteiger partial charge on any atom is -0.494 e. The highest BCUT2D eigenvalue weighted by atomic mass is 35.5. The van der Waals surface area contributed by atoms with Crippen LogP contribution in [0.5, 0.6) is 0 Å². The Morgan fingerprint density at radius 2 is 2.10 bits per heavy atom. The number of hydrogen-bond acceptors (Lipinski definition) is 6. The molecule has 2 heterocycles. The molecule has 0 aromatic rings. The first kappa shape index (κ1) is 20.8. The number of carbonyl (C=O) groups is 1. The van der Waals surface area contributed by atoms with Gasteiger partial charge in [-0.3, -0.25) is 4.79 Å². The molecular formula is C21H25ClFN5O2. The highest BCUT2D eigenvalue weighted by Gasteiger charge is 2.37. The topological polar surface area (TPSA) is 104 Å². The molecule has 1 saturated carbocycles. The van der Waals surface area contributed by atoms with E-state index in [2.05, 4.69) is 10.3 Å². The van der Waals surface area contributed by atoms with Crippen LogP contribution in [0.3, 0.4) is 0 Å². The maximum Gasteiger partial charge on any atom is 0.234 e. The number of halogens is 2. The Labute approximate surface area is 179 Å². The van der Waals surface area contributed by atoms with Crippen LogP contribution in [-0.2, 0) is 9.53 Å². The van der Waals surface area contributed by atoms with Gasteiger partial charge in [0.1, 0.15) is 17.4 Å². The standard InChI is InChI=1S/C21H25ClFN5O2/c22-12-8-26-20(27-9-12)17-10-28(11-18(17)25)21(29)16-6-1-13(23)7-19(16)30-15-4-2-14(24)3-5-15/h1,7-9,14-16,25-26H,2-6,10-11,24H2/b20-17+,25-18?/t14-,15+,16?. The summed E-state index contributed by atoms with van der Waals surface area (Å²) in [6.07, 6.45) is 9.34. The average Bonchev–Trinajstić information content (AvgIpc) is 3.12. The summed E-state index contributed by atoms with van der Waals surface area (Å²) >= 11 is 5.87. The van der Waals surface area contributed by atoms with Crippen molar-refractivity contribution in [1.82, 2.24) is 10.2 Å². The van der Waals surface area contributed by atoms with E-state index in [4.69, 9.17) is 27.5 Å². The van der Waals surface area contributed by atoms with Crippen molar-refractivity contribution in [2.24, 2.45) is 16.6 Å². The number of aliphatic imine (C=N–C) groups is 1. The quantitative estimate of drug-likeness (QED) is 0.636. The number of amides is 1. The van der Waals surface area contributed by atoms with Gasteiger partial charge in [-0.1, -0.05) is 11.6 Å². The van der Waals surface area contributed by atoms with E-state index in [0.29, 0.717) is 27.9 Å². The van der Waals surface area contributed by atoms with Gasteiger partial charge in [-0.25, -0.2) is 9.38 Å². The number of carbonyl (C=O) groups excluding carboxylic acids is 1. The predicted molar refractivity (Wildman–Crippen MR) is 114 cm³/mol. The third kappa shape index (κ3) is 4.49. The molecular weight excluding hydrogens is 409 g/mol. The Kier molecular flexibility index (Phi) is 6.06. The van der Waals surface area contributed by atoms with Gasteiger partial charge in [0.2, 0.25) is 5.91 Å². The Bertz CT molecular complexity index is 899. The van der Waals surface area contributed by atoms with Crippen LogP contribution in [0, 0.1) is 11.3 Å². The van der Waals surface area contributed by atoms with Crippen LogP contribution in [-0.4, -0.2) is 48.0 Å². The van der Waals surface area contributed by atoms with Gasteiger partial charge in [0.05, 0.1) is 35.9 Å². The normalized spacial score (nSPS) is 31.7. The number of likely N-dealkylation sites (tertiary alicyclic amines) is 1. The highest BCUT2D eigenvalue weighted by Crippen LogP contribution is 2.32. The zero-order valence-electron chi connectivity index (χ0n) is 16.5. The third-order valence-corrected chi connectivity index (χ3v) is 6.02. The van der Waals surface area contributed by atoms with E-state index in [1.54, 1.807) is 11.1 Å². The van der Waals surface area contributed by atoms with Crippen molar-refractivity contribution in [3.05, 3.63) is 46.4 Å². The highest BCUT2D eigenvalue weighted by molar-refractivity contribution is 6.39. The molecule has 0 spiro atoms. The van der Waals surface area contributed by atoms with Crippen molar-refractivity contribution in [3.8, 4) is 0 Å². The lowest BCUT2D eigenvalue weighted by atomic mass is 9.92. The molecule has 1 amide bonds. The van der Waals surface area contributed by atoms with E-state index < -0.39 is 5.92 Å². The van der Waals surface area contributed by atoms with Crippen molar-refractivity contribution < 1.29 is 13.9 Å². The van der Waals surface area contributed by atoms with Crippen LogP contribution in [0.15, 0.2) is 51.4 Å². The van der Waals surface area contributed by atoms with Crippen molar-refractivity contribution >= 4 is 29.4 Å². The summed E-state index contributed by atoms with van der Waals surface area (Å²) in [7, 11) is 0. The van der Waals surface area contributed by atoms with Gasteiger partial charge < -0.3 is 26.1 Å². The molecule has 160 valence electrons. The molecule has 1 atom stereocenters. The Hall–Kier alpha value is -2.45. The number of nitrogens with one attached hydrogen (secondary N) is 2. The second kappa shape index (κ2) is 8.73. The first-order chi connectivity index (χ1) is 14.4. The van der Waals surface area contributed by atoms with Gasteiger partial charge in [0.15, 0.2) is 0 Å². The number of allylic oxidation sites excluding steroid dienone is 4. The lowest BCUT2D eigenvalue weighted by molar-refractivity contribution is -0.134. The summed E-state index contributed by atoms with van der Waals surface area (Å²) in [4.78, 5) is 19.1. The molecule has 30 heavy (non-hydrogen) atoms. The summed E-state index contributed by atoms with van der Waals surface area (Å²) < 4.78 is 20.0. The minimum absolute atomic E-state index is 0.0517. The molecule has 0 radical (unpaired) electrons. The Morgan fingerprint density at radius 3 is 2.80 bits per heavy atom. The zero-order valence-corrected chi connectivity index (χ0v) is 17.3. The summed E-state index contributed by atoms with van der Waals surface area (Å²) in [5, 5.41) is 11.7. The van der Waals surface area contributed by atoms with E-state index in [9.17, 15) is 9.18 Å². The molecule has 7 nitrogen and oxygen atoms in total. The number of nitrogens with zero attached hydrogens (tertiary/aromatic N) is 2. The first-order valence-electron chi connectivity index (χ1n) is 10.2. The molecule has 4 aliphatic rings. The number of ether oxygens (including phenoxy) is 1. The lowest BCUT2D eigenvalue weighted by Gasteiger charge is -2.32. The predicted octanol–water partition coefficient (Wildman–Crippen LogP) is 2.86. The first-order valence-corrected chi connectivity index (χ1v) is 10.5. The van der Waals surface area contributed by atoms with Gasteiger partial charge in [-0.15, -0.1) is 0 Å². The monoisotopic (exact) mass is 433 g/mol. The Morgan fingerprint density at radius 1 is 1.33 bits per heavy atom. The summed E-state index contributed by atoms with van der Waals surface area (Å²) in [5.41, 5.74) is 6.92. The molecule has 0 aromatic heterocycles. The molecule has 2 fully saturated rings. The van der Waals surface area contributed by atoms with Crippen LogP contribution < -0.4 is 11.1 Å².